The molecule has 1 aromatic heterocycles. The summed E-state index contributed by atoms with van der Waals surface area (Å²) in [6.45, 7) is 1.62. The molecule has 6 heteroatoms. The Morgan fingerprint density at radius 2 is 2.23 bits per heavy atom. The highest BCUT2D eigenvalue weighted by atomic mass is 32.2. The lowest BCUT2D eigenvalue weighted by molar-refractivity contribution is 0.331. The molecule has 0 saturated heterocycles. The highest BCUT2D eigenvalue weighted by molar-refractivity contribution is 7.91. The molecular formula is C7H10NO4S. The Balaban J connectivity index is 3.05. The predicted molar refractivity (Wildman–Crippen MR) is 45.8 cm³/mol. The monoisotopic (exact) mass is 204 g/mol. The molecule has 13 heavy (non-hydrogen) atoms. The van der Waals surface area contributed by atoms with Gasteiger partial charge in [-0.1, -0.05) is 0 Å². The maximum Gasteiger partial charge on any atom is 0.258 e. The van der Waals surface area contributed by atoms with Gasteiger partial charge in [0.15, 0.2) is 9.84 Å². The predicted octanol–water partition coefficient (Wildman–Crippen LogP) is 0.698. The molecule has 73 valence electrons. The molecule has 1 aromatic rings. The second-order valence-corrected chi connectivity index (χ2v) is 4.39. The Kier molecular flexibility index (Phi) is 2.60. The number of nitrogens with zero attached hydrogens (tertiary/aromatic N) is 1. The zero-order valence-electron chi connectivity index (χ0n) is 7.40. The fraction of sp³-hybridized carbons (Fsp3) is 0.429. The molecule has 0 aliphatic rings. The maximum absolute atomic E-state index is 10.9. The smallest absolute Gasteiger partial charge is 0.258 e. The van der Waals surface area contributed by atoms with Gasteiger partial charge in [0.1, 0.15) is 5.76 Å². The summed E-state index contributed by atoms with van der Waals surface area (Å²) in [5.41, 5.74) is 0.428. The topological polar surface area (TPSA) is 69.4 Å². The molecule has 0 N–H and O–H groups in total. The number of aryl methyl sites for hydroxylation is 1. The fourth-order valence-corrected chi connectivity index (χ4v) is 1.68. The van der Waals surface area contributed by atoms with E-state index in [1.807, 2.05) is 0 Å². The van der Waals surface area contributed by atoms with Crippen molar-refractivity contribution >= 4 is 9.84 Å². The third kappa shape index (κ3) is 2.45. The Hall–Kier alpha value is -1.04. The number of hydrogen-bond donors (Lipinski definition) is 0. The van der Waals surface area contributed by atoms with Crippen molar-refractivity contribution in [3.63, 3.8) is 0 Å². The molecule has 5 nitrogen and oxygen atoms in total. The molecule has 1 heterocycles. The third-order valence-electron chi connectivity index (χ3n) is 1.51. The van der Waals surface area contributed by atoms with Crippen molar-refractivity contribution < 1.29 is 17.7 Å². The summed E-state index contributed by atoms with van der Waals surface area (Å²) in [7, 11) is -1.93. The van der Waals surface area contributed by atoms with E-state index in [0.717, 1.165) is 0 Å². The number of rotatable bonds is 3. The standard InChI is InChI=1S/C7H10NO4S/c1-5-6(4-13(3,9)10)7(11-2)8-12-5/h3-4H2,1-2H3. The van der Waals surface area contributed by atoms with Gasteiger partial charge in [0.2, 0.25) is 0 Å². The maximum atomic E-state index is 10.9. The molecule has 0 fully saturated rings. The summed E-state index contributed by atoms with van der Waals surface area (Å²) >= 11 is 0. The van der Waals surface area contributed by atoms with Crippen LogP contribution in [0.3, 0.4) is 0 Å². The van der Waals surface area contributed by atoms with Gasteiger partial charge in [0, 0.05) is 0 Å². The van der Waals surface area contributed by atoms with Crippen molar-refractivity contribution in [2.45, 2.75) is 12.7 Å². The minimum absolute atomic E-state index is 0.199. The number of aromatic nitrogens is 1. The van der Waals surface area contributed by atoms with Crippen LogP contribution in [0.2, 0.25) is 0 Å². The minimum Gasteiger partial charge on any atom is -0.479 e. The minimum atomic E-state index is -3.33. The zero-order valence-corrected chi connectivity index (χ0v) is 8.22. The second kappa shape index (κ2) is 3.37. The molecule has 0 aliphatic carbocycles. The van der Waals surface area contributed by atoms with Gasteiger partial charge in [-0.15, -0.1) is 0 Å². The van der Waals surface area contributed by atoms with E-state index in [9.17, 15) is 8.42 Å². The molecule has 0 saturated carbocycles. The average Bonchev–Trinajstić information content (AvgIpc) is 2.30. The van der Waals surface area contributed by atoms with Crippen LogP contribution in [0.15, 0.2) is 4.52 Å². The molecule has 0 aromatic carbocycles. The molecule has 0 spiro atoms. The van der Waals surface area contributed by atoms with Gasteiger partial charge in [0.25, 0.3) is 5.88 Å². The lowest BCUT2D eigenvalue weighted by Crippen LogP contribution is -2.00. The zero-order chi connectivity index (χ0) is 10.1. The van der Waals surface area contributed by atoms with Gasteiger partial charge in [-0.3, -0.25) is 0 Å². The van der Waals surface area contributed by atoms with Crippen LogP contribution in [0, 0.1) is 13.2 Å². The van der Waals surface area contributed by atoms with Gasteiger partial charge in [-0.05, 0) is 12.1 Å². The van der Waals surface area contributed by atoms with E-state index in [2.05, 4.69) is 11.4 Å². The molecular weight excluding hydrogens is 194 g/mol. The van der Waals surface area contributed by atoms with Crippen molar-refractivity contribution in [3.05, 3.63) is 17.6 Å². The summed E-state index contributed by atoms with van der Waals surface area (Å²) in [5, 5.41) is 3.53. The fourth-order valence-electron chi connectivity index (χ4n) is 0.914. The Morgan fingerprint density at radius 3 is 2.69 bits per heavy atom. The number of methoxy groups -OCH3 is 1. The van der Waals surface area contributed by atoms with Crippen LogP contribution < -0.4 is 4.74 Å². The number of hydrogen-bond acceptors (Lipinski definition) is 5. The molecule has 1 rings (SSSR count). The van der Waals surface area contributed by atoms with Crippen LogP contribution in [0.25, 0.3) is 0 Å². The van der Waals surface area contributed by atoms with Crippen LogP contribution in [-0.2, 0) is 15.6 Å². The van der Waals surface area contributed by atoms with Crippen LogP contribution >= 0.6 is 0 Å². The molecule has 0 unspecified atom stereocenters. The largest absolute Gasteiger partial charge is 0.479 e. The quantitative estimate of drug-likeness (QED) is 0.724. The van der Waals surface area contributed by atoms with Crippen molar-refractivity contribution in [3.8, 4) is 5.88 Å². The van der Waals surface area contributed by atoms with Crippen LogP contribution in [0.1, 0.15) is 11.3 Å². The van der Waals surface area contributed by atoms with Gasteiger partial charge >= 0.3 is 0 Å². The molecule has 0 bridgehead atoms. The van der Waals surface area contributed by atoms with Gasteiger partial charge < -0.3 is 9.26 Å². The summed E-state index contributed by atoms with van der Waals surface area (Å²) in [5.74, 6) is 0.416. The van der Waals surface area contributed by atoms with Crippen molar-refractivity contribution in [2.24, 2.45) is 0 Å². The molecule has 1 radical (unpaired) electrons. The van der Waals surface area contributed by atoms with E-state index in [0.29, 0.717) is 11.3 Å². The van der Waals surface area contributed by atoms with Gasteiger partial charge in [0.05, 0.1) is 24.7 Å². The summed E-state index contributed by atoms with van der Waals surface area (Å²) < 4.78 is 31.3. The lowest BCUT2D eigenvalue weighted by Gasteiger charge is -1.98. The van der Waals surface area contributed by atoms with Crippen LogP contribution in [0.5, 0.6) is 5.88 Å². The van der Waals surface area contributed by atoms with Gasteiger partial charge in [-0.2, -0.15) is 0 Å². The van der Waals surface area contributed by atoms with E-state index in [1.165, 1.54) is 7.11 Å². The van der Waals surface area contributed by atoms with E-state index in [4.69, 9.17) is 9.26 Å². The third-order valence-corrected chi connectivity index (χ3v) is 2.23. The molecule has 0 amide bonds. The summed E-state index contributed by atoms with van der Waals surface area (Å²) in [6, 6.07) is 0. The van der Waals surface area contributed by atoms with E-state index < -0.39 is 9.84 Å². The first-order valence-electron chi connectivity index (χ1n) is 3.49. The number of sulfone groups is 1. The normalized spacial score (nSPS) is 11.6. The highest BCUT2D eigenvalue weighted by Crippen LogP contribution is 2.22. The Morgan fingerprint density at radius 1 is 1.62 bits per heavy atom. The van der Waals surface area contributed by atoms with Gasteiger partial charge in [-0.25, -0.2) is 8.42 Å². The highest BCUT2D eigenvalue weighted by Gasteiger charge is 2.17. The Bertz CT molecular complexity index is 393. The van der Waals surface area contributed by atoms with Crippen molar-refractivity contribution in [2.75, 3.05) is 7.11 Å². The van der Waals surface area contributed by atoms with E-state index >= 15 is 0 Å². The van der Waals surface area contributed by atoms with E-state index in [1.54, 1.807) is 6.92 Å². The Labute approximate surface area is 76.6 Å². The lowest BCUT2D eigenvalue weighted by atomic mass is 10.3. The second-order valence-electron chi connectivity index (χ2n) is 2.61. The molecule has 0 aliphatic heterocycles. The van der Waals surface area contributed by atoms with E-state index in [-0.39, 0.29) is 11.6 Å². The number of ether oxygens (including phenoxy) is 1. The molecule has 0 atom stereocenters. The van der Waals surface area contributed by atoms with Crippen molar-refractivity contribution in [1.29, 1.82) is 0 Å². The summed E-state index contributed by atoms with van der Waals surface area (Å²) in [4.78, 5) is 0. The first-order chi connectivity index (χ1) is 5.94. The van der Waals surface area contributed by atoms with Crippen LogP contribution in [0.4, 0.5) is 0 Å². The average molecular weight is 204 g/mol. The SMILES string of the molecule is [CH2]S(=O)(=O)Cc1c(OC)noc1C. The first-order valence-corrected chi connectivity index (χ1v) is 5.31. The summed E-state index contributed by atoms with van der Waals surface area (Å²) in [6.07, 6.45) is 3.01. The van der Waals surface area contributed by atoms with Crippen LogP contribution in [-0.4, -0.2) is 20.7 Å². The first kappa shape index (κ1) is 10.0. The van der Waals surface area contributed by atoms with Crippen molar-refractivity contribution in [1.82, 2.24) is 5.16 Å².